The summed E-state index contributed by atoms with van der Waals surface area (Å²) in [6, 6.07) is 1.67. The van der Waals surface area contributed by atoms with E-state index in [2.05, 4.69) is 25.1 Å². The molecule has 2 aliphatic rings. The zero-order chi connectivity index (χ0) is 14.9. The fourth-order valence-corrected chi connectivity index (χ4v) is 2.56. The molecule has 0 spiro atoms. The maximum Gasteiger partial charge on any atom is 0.272 e. The van der Waals surface area contributed by atoms with E-state index < -0.39 is 0 Å². The van der Waals surface area contributed by atoms with Crippen molar-refractivity contribution in [2.24, 2.45) is 0 Å². The number of carbonyl (C=O) groups excluding carboxylic acids is 1. The quantitative estimate of drug-likeness (QED) is 0.895. The van der Waals surface area contributed by atoms with E-state index in [1.165, 1.54) is 6.33 Å². The first-order valence-corrected chi connectivity index (χ1v) is 7.40. The molecule has 8 heteroatoms. The van der Waals surface area contributed by atoms with Gasteiger partial charge in [-0.25, -0.2) is 15.0 Å². The van der Waals surface area contributed by atoms with Gasteiger partial charge >= 0.3 is 0 Å². The van der Waals surface area contributed by atoms with Crippen molar-refractivity contribution in [2.45, 2.75) is 24.9 Å². The van der Waals surface area contributed by atoms with Gasteiger partial charge in [0.1, 0.15) is 23.9 Å². The van der Waals surface area contributed by atoms with Crippen molar-refractivity contribution in [3.63, 3.8) is 0 Å². The average Bonchev–Trinajstić information content (AvgIpc) is 3.29. The second-order valence-electron chi connectivity index (χ2n) is 5.56. The highest BCUT2D eigenvalue weighted by Gasteiger charge is 2.30. The number of hydrogen-bond acceptors (Lipinski definition) is 6. The lowest BCUT2D eigenvalue weighted by Gasteiger charge is -2.31. The van der Waals surface area contributed by atoms with Crippen molar-refractivity contribution < 1.29 is 9.53 Å². The number of aromatic amines is 1. The molecule has 1 saturated heterocycles. The molecule has 1 atom stereocenters. The molecule has 2 fully saturated rings. The van der Waals surface area contributed by atoms with E-state index in [0.29, 0.717) is 37.1 Å². The first kappa shape index (κ1) is 13.3. The maximum absolute atomic E-state index is 12.6. The van der Waals surface area contributed by atoms with E-state index in [1.807, 2.05) is 0 Å². The standard InChI is InChI=1S/C14H16N6O2/c21-14(10-3-4-15-12(18-10)9-1-2-9)20-5-6-22-11(7-20)13-16-8-17-19-13/h3-4,8-9,11H,1-2,5-7H2,(H,16,17,19). The highest BCUT2D eigenvalue weighted by molar-refractivity contribution is 5.92. The fraction of sp³-hybridized carbons (Fsp3) is 0.500. The Morgan fingerprint density at radius 1 is 1.36 bits per heavy atom. The van der Waals surface area contributed by atoms with Crippen molar-refractivity contribution in [2.75, 3.05) is 19.7 Å². The topological polar surface area (TPSA) is 96.9 Å². The van der Waals surface area contributed by atoms with Crippen LogP contribution in [0.15, 0.2) is 18.6 Å². The van der Waals surface area contributed by atoms with Crippen LogP contribution in [0.2, 0.25) is 0 Å². The Labute approximate surface area is 126 Å². The summed E-state index contributed by atoms with van der Waals surface area (Å²) in [5, 5.41) is 6.61. The number of H-pyrrole nitrogens is 1. The molecule has 114 valence electrons. The van der Waals surface area contributed by atoms with Gasteiger partial charge in [-0.3, -0.25) is 9.89 Å². The third-order valence-corrected chi connectivity index (χ3v) is 3.93. The summed E-state index contributed by atoms with van der Waals surface area (Å²) >= 11 is 0. The molecule has 22 heavy (non-hydrogen) atoms. The summed E-state index contributed by atoms with van der Waals surface area (Å²) in [5.41, 5.74) is 0.454. The number of nitrogens with one attached hydrogen (secondary N) is 1. The molecule has 4 rings (SSSR count). The summed E-state index contributed by atoms with van der Waals surface area (Å²) in [5.74, 6) is 1.77. The van der Waals surface area contributed by atoms with E-state index in [0.717, 1.165) is 18.7 Å². The normalized spacial score (nSPS) is 21.8. The molecule has 0 radical (unpaired) electrons. The van der Waals surface area contributed by atoms with E-state index in [-0.39, 0.29) is 12.0 Å². The predicted molar refractivity (Wildman–Crippen MR) is 75.0 cm³/mol. The minimum Gasteiger partial charge on any atom is -0.367 e. The number of rotatable bonds is 3. The smallest absolute Gasteiger partial charge is 0.272 e. The third-order valence-electron chi connectivity index (χ3n) is 3.93. The molecule has 3 heterocycles. The highest BCUT2D eigenvalue weighted by atomic mass is 16.5. The predicted octanol–water partition coefficient (Wildman–Crippen LogP) is 0.686. The molecule has 2 aromatic rings. The van der Waals surface area contributed by atoms with Gasteiger partial charge in [-0.05, 0) is 18.9 Å². The summed E-state index contributed by atoms with van der Waals surface area (Å²) in [7, 11) is 0. The molecule has 8 nitrogen and oxygen atoms in total. The van der Waals surface area contributed by atoms with Crippen LogP contribution in [-0.4, -0.2) is 55.7 Å². The Morgan fingerprint density at radius 2 is 2.27 bits per heavy atom. The number of nitrogens with zero attached hydrogens (tertiary/aromatic N) is 5. The van der Waals surface area contributed by atoms with E-state index >= 15 is 0 Å². The van der Waals surface area contributed by atoms with E-state index in [1.54, 1.807) is 17.2 Å². The van der Waals surface area contributed by atoms with Crippen LogP contribution in [0, 0.1) is 0 Å². The molecule has 1 N–H and O–H groups in total. The Morgan fingerprint density at radius 3 is 3.05 bits per heavy atom. The van der Waals surface area contributed by atoms with Crippen LogP contribution in [-0.2, 0) is 4.74 Å². The highest BCUT2D eigenvalue weighted by Crippen LogP contribution is 2.37. The van der Waals surface area contributed by atoms with Gasteiger partial charge in [0, 0.05) is 18.7 Å². The van der Waals surface area contributed by atoms with Crippen molar-refractivity contribution in [3.8, 4) is 0 Å². The van der Waals surface area contributed by atoms with Crippen LogP contribution in [0.3, 0.4) is 0 Å². The van der Waals surface area contributed by atoms with Crippen LogP contribution < -0.4 is 0 Å². The molecular weight excluding hydrogens is 284 g/mol. The lowest BCUT2D eigenvalue weighted by Crippen LogP contribution is -2.42. The minimum absolute atomic E-state index is 0.0860. The molecule has 1 unspecified atom stereocenters. The second-order valence-corrected chi connectivity index (χ2v) is 5.56. The van der Waals surface area contributed by atoms with Gasteiger partial charge in [0.15, 0.2) is 5.82 Å². The Kier molecular flexibility index (Phi) is 3.30. The van der Waals surface area contributed by atoms with Crippen molar-refractivity contribution in [3.05, 3.63) is 35.9 Å². The van der Waals surface area contributed by atoms with Crippen LogP contribution in [0.1, 0.15) is 47.0 Å². The van der Waals surface area contributed by atoms with Crippen LogP contribution >= 0.6 is 0 Å². The largest absolute Gasteiger partial charge is 0.367 e. The molecule has 1 saturated carbocycles. The zero-order valence-electron chi connectivity index (χ0n) is 12.0. The average molecular weight is 300 g/mol. The van der Waals surface area contributed by atoms with E-state index in [4.69, 9.17) is 4.74 Å². The summed E-state index contributed by atoms with van der Waals surface area (Å²) < 4.78 is 5.65. The molecule has 0 bridgehead atoms. The second kappa shape index (κ2) is 5.45. The number of morpholine rings is 1. The lowest BCUT2D eigenvalue weighted by atomic mass is 10.2. The lowest BCUT2D eigenvalue weighted by molar-refractivity contribution is -0.0268. The summed E-state index contributed by atoms with van der Waals surface area (Å²) in [6.07, 6.45) is 5.06. The number of amides is 1. The number of carbonyl (C=O) groups is 1. The van der Waals surface area contributed by atoms with Gasteiger partial charge in [0.25, 0.3) is 5.91 Å². The van der Waals surface area contributed by atoms with Crippen LogP contribution in [0.4, 0.5) is 0 Å². The third kappa shape index (κ3) is 2.57. The SMILES string of the molecule is O=C(c1ccnc(C2CC2)n1)N1CCOC(c2ncn[nH]2)C1. The number of hydrogen-bond donors (Lipinski definition) is 1. The van der Waals surface area contributed by atoms with Gasteiger partial charge < -0.3 is 9.64 Å². The monoisotopic (exact) mass is 300 g/mol. The molecule has 2 aromatic heterocycles. The molecule has 1 amide bonds. The van der Waals surface area contributed by atoms with Gasteiger partial charge in [-0.2, -0.15) is 5.10 Å². The fourth-order valence-electron chi connectivity index (χ4n) is 2.56. The van der Waals surface area contributed by atoms with Gasteiger partial charge in [-0.15, -0.1) is 0 Å². The molecular formula is C14H16N6O2. The minimum atomic E-state index is -0.273. The van der Waals surface area contributed by atoms with Crippen LogP contribution in [0.25, 0.3) is 0 Å². The van der Waals surface area contributed by atoms with Crippen molar-refractivity contribution in [1.82, 2.24) is 30.0 Å². The Bertz CT molecular complexity index is 670. The molecule has 1 aliphatic carbocycles. The number of aromatic nitrogens is 5. The van der Waals surface area contributed by atoms with Crippen molar-refractivity contribution >= 4 is 5.91 Å². The van der Waals surface area contributed by atoms with Crippen LogP contribution in [0.5, 0.6) is 0 Å². The summed E-state index contributed by atoms with van der Waals surface area (Å²) in [6.45, 7) is 1.46. The van der Waals surface area contributed by atoms with Gasteiger partial charge in [0.2, 0.25) is 0 Å². The first-order valence-electron chi connectivity index (χ1n) is 7.40. The van der Waals surface area contributed by atoms with Gasteiger partial charge in [-0.1, -0.05) is 0 Å². The summed E-state index contributed by atoms with van der Waals surface area (Å²) in [4.78, 5) is 27.2. The van der Waals surface area contributed by atoms with E-state index in [9.17, 15) is 4.79 Å². The maximum atomic E-state index is 12.6. The molecule has 0 aromatic carbocycles. The first-order chi connectivity index (χ1) is 10.8. The van der Waals surface area contributed by atoms with Crippen molar-refractivity contribution in [1.29, 1.82) is 0 Å². The van der Waals surface area contributed by atoms with Gasteiger partial charge in [0.05, 0.1) is 13.2 Å². The zero-order valence-corrected chi connectivity index (χ0v) is 12.0. The Balaban J connectivity index is 1.51. The molecule has 1 aliphatic heterocycles. The number of ether oxygens (including phenoxy) is 1. The Hall–Kier alpha value is -2.35.